The van der Waals surface area contributed by atoms with E-state index in [-0.39, 0.29) is 23.3 Å². The Balaban J connectivity index is 1.19. The molecule has 2 saturated heterocycles. The lowest BCUT2D eigenvalue weighted by atomic mass is 9.88. The average molecular weight is 389 g/mol. The highest BCUT2D eigenvalue weighted by molar-refractivity contribution is 5.82. The molecule has 28 heavy (non-hydrogen) atoms. The largest absolute Gasteiger partial charge is 0.467 e. The Morgan fingerprint density at radius 2 is 2.00 bits per heavy atom. The fourth-order valence-electron chi connectivity index (χ4n) is 4.94. The molecule has 7 nitrogen and oxygen atoms in total. The SMILES string of the molecule is CCOC(=O)N1CCC(N2CCC3(CC2)CC3C(=O)NCc2ccco2)CC1. The molecule has 1 atom stereocenters. The van der Waals surface area contributed by atoms with Gasteiger partial charge in [0.1, 0.15) is 5.76 Å². The van der Waals surface area contributed by atoms with Crippen LogP contribution in [0.1, 0.15) is 44.8 Å². The molecule has 2 aliphatic heterocycles. The first-order valence-corrected chi connectivity index (χ1v) is 10.6. The highest BCUT2D eigenvalue weighted by Gasteiger charge is 2.58. The van der Waals surface area contributed by atoms with Crippen LogP contribution in [0.3, 0.4) is 0 Å². The molecule has 1 N–H and O–H groups in total. The van der Waals surface area contributed by atoms with E-state index in [1.807, 2.05) is 24.0 Å². The minimum atomic E-state index is -0.181. The Hall–Kier alpha value is -2.02. The van der Waals surface area contributed by atoms with Crippen molar-refractivity contribution < 1.29 is 18.7 Å². The molecule has 3 fully saturated rings. The smallest absolute Gasteiger partial charge is 0.409 e. The summed E-state index contributed by atoms with van der Waals surface area (Å²) in [5.74, 6) is 1.13. The molecule has 2 amide bonds. The normalized spacial score (nSPS) is 24.9. The third kappa shape index (κ3) is 4.04. The van der Waals surface area contributed by atoms with Crippen LogP contribution in [-0.4, -0.2) is 60.6 Å². The molecular weight excluding hydrogens is 358 g/mol. The molecule has 4 rings (SSSR count). The van der Waals surface area contributed by atoms with Gasteiger partial charge >= 0.3 is 6.09 Å². The average Bonchev–Trinajstić information content (AvgIpc) is 3.16. The van der Waals surface area contributed by atoms with Crippen LogP contribution in [0.5, 0.6) is 0 Å². The van der Waals surface area contributed by atoms with Crippen LogP contribution in [0.25, 0.3) is 0 Å². The van der Waals surface area contributed by atoms with Gasteiger partial charge in [0.25, 0.3) is 0 Å². The van der Waals surface area contributed by atoms with Gasteiger partial charge in [-0.15, -0.1) is 0 Å². The van der Waals surface area contributed by atoms with Gasteiger partial charge in [0.2, 0.25) is 5.91 Å². The van der Waals surface area contributed by atoms with Gasteiger partial charge in [-0.2, -0.15) is 0 Å². The molecular formula is C21H31N3O4. The molecule has 3 aliphatic rings. The van der Waals surface area contributed by atoms with Crippen molar-refractivity contribution in [2.75, 3.05) is 32.8 Å². The van der Waals surface area contributed by atoms with Crippen molar-refractivity contribution in [2.45, 2.75) is 51.6 Å². The maximum atomic E-state index is 12.5. The summed E-state index contributed by atoms with van der Waals surface area (Å²) in [5.41, 5.74) is 0.218. The topological polar surface area (TPSA) is 75.0 Å². The van der Waals surface area contributed by atoms with Crippen LogP contribution in [0.4, 0.5) is 4.79 Å². The van der Waals surface area contributed by atoms with Crippen LogP contribution in [0.2, 0.25) is 0 Å². The first-order chi connectivity index (χ1) is 13.6. The summed E-state index contributed by atoms with van der Waals surface area (Å²) in [4.78, 5) is 28.7. The number of piperidine rings is 2. The van der Waals surface area contributed by atoms with Crippen molar-refractivity contribution >= 4 is 12.0 Å². The molecule has 1 spiro atoms. The second kappa shape index (κ2) is 8.15. The maximum absolute atomic E-state index is 12.5. The van der Waals surface area contributed by atoms with E-state index in [0.717, 1.165) is 64.0 Å². The van der Waals surface area contributed by atoms with E-state index in [1.54, 1.807) is 6.26 Å². The summed E-state index contributed by atoms with van der Waals surface area (Å²) in [6.07, 6.45) is 6.70. The van der Waals surface area contributed by atoms with E-state index in [1.165, 1.54) is 0 Å². The molecule has 7 heteroatoms. The summed E-state index contributed by atoms with van der Waals surface area (Å²) in [7, 11) is 0. The van der Waals surface area contributed by atoms with E-state index in [0.29, 0.717) is 19.2 Å². The minimum Gasteiger partial charge on any atom is -0.467 e. The summed E-state index contributed by atoms with van der Waals surface area (Å²) >= 11 is 0. The predicted molar refractivity (Wildman–Crippen MR) is 104 cm³/mol. The molecule has 0 aromatic carbocycles. The number of likely N-dealkylation sites (tertiary alicyclic amines) is 2. The van der Waals surface area contributed by atoms with Gasteiger partial charge in [0.15, 0.2) is 0 Å². The number of rotatable bonds is 5. The summed E-state index contributed by atoms with van der Waals surface area (Å²) in [6.45, 7) is 6.44. The van der Waals surface area contributed by atoms with Crippen molar-refractivity contribution in [3.05, 3.63) is 24.2 Å². The van der Waals surface area contributed by atoms with Crippen LogP contribution in [0, 0.1) is 11.3 Å². The molecule has 154 valence electrons. The monoisotopic (exact) mass is 389 g/mol. The second-order valence-electron chi connectivity index (χ2n) is 8.37. The first kappa shape index (κ1) is 19.3. The number of hydrogen-bond acceptors (Lipinski definition) is 5. The Morgan fingerprint density at radius 1 is 1.25 bits per heavy atom. The van der Waals surface area contributed by atoms with Gasteiger partial charge < -0.3 is 24.3 Å². The molecule has 1 aromatic heterocycles. The van der Waals surface area contributed by atoms with Gasteiger partial charge in [0, 0.05) is 25.0 Å². The molecule has 1 aliphatic carbocycles. The predicted octanol–water partition coefficient (Wildman–Crippen LogP) is 2.62. The van der Waals surface area contributed by atoms with Gasteiger partial charge in [-0.05, 0) is 69.7 Å². The van der Waals surface area contributed by atoms with E-state index in [4.69, 9.17) is 9.15 Å². The van der Waals surface area contributed by atoms with Gasteiger partial charge in [0.05, 0.1) is 19.4 Å². The van der Waals surface area contributed by atoms with Crippen LogP contribution >= 0.6 is 0 Å². The zero-order valence-electron chi connectivity index (χ0n) is 16.7. The van der Waals surface area contributed by atoms with Crippen LogP contribution in [-0.2, 0) is 16.1 Å². The fraction of sp³-hybridized carbons (Fsp3) is 0.714. The first-order valence-electron chi connectivity index (χ1n) is 10.6. The summed E-state index contributed by atoms with van der Waals surface area (Å²) < 4.78 is 10.4. The third-order valence-electron chi connectivity index (χ3n) is 6.82. The Bertz CT molecular complexity index is 674. The highest BCUT2D eigenvalue weighted by Crippen LogP contribution is 2.59. The number of amides is 2. The maximum Gasteiger partial charge on any atom is 0.409 e. The Morgan fingerprint density at radius 3 is 2.64 bits per heavy atom. The summed E-state index contributed by atoms with van der Waals surface area (Å²) in [5, 5.41) is 3.02. The molecule has 1 aromatic rings. The van der Waals surface area contributed by atoms with Gasteiger partial charge in [-0.25, -0.2) is 4.79 Å². The Labute approximate surface area is 166 Å². The zero-order valence-corrected chi connectivity index (χ0v) is 16.7. The van der Waals surface area contributed by atoms with E-state index < -0.39 is 0 Å². The zero-order chi connectivity index (χ0) is 19.6. The van der Waals surface area contributed by atoms with E-state index in [9.17, 15) is 9.59 Å². The lowest BCUT2D eigenvalue weighted by molar-refractivity contribution is -0.123. The quantitative estimate of drug-likeness (QED) is 0.838. The number of nitrogens with zero attached hydrogens (tertiary/aromatic N) is 2. The highest BCUT2D eigenvalue weighted by atomic mass is 16.6. The Kier molecular flexibility index (Phi) is 5.62. The van der Waals surface area contributed by atoms with Crippen molar-refractivity contribution in [3.8, 4) is 0 Å². The fourth-order valence-corrected chi connectivity index (χ4v) is 4.94. The standard InChI is InChI=1S/C21H31N3O4/c1-2-27-20(26)24-9-5-16(6-10-24)23-11-7-21(8-12-23)14-18(21)19(25)22-15-17-4-3-13-28-17/h3-4,13,16,18H,2,5-12,14-15H2,1H3,(H,22,25). The van der Waals surface area contributed by atoms with E-state index in [2.05, 4.69) is 10.2 Å². The number of carbonyl (C=O) groups is 2. The number of furan rings is 1. The van der Waals surface area contributed by atoms with Crippen molar-refractivity contribution in [2.24, 2.45) is 11.3 Å². The van der Waals surface area contributed by atoms with Crippen LogP contribution in [0.15, 0.2) is 22.8 Å². The molecule has 1 unspecified atom stereocenters. The molecule has 1 saturated carbocycles. The molecule has 0 radical (unpaired) electrons. The van der Waals surface area contributed by atoms with Crippen molar-refractivity contribution in [1.82, 2.24) is 15.1 Å². The molecule has 0 bridgehead atoms. The number of hydrogen-bond donors (Lipinski definition) is 1. The number of nitrogens with one attached hydrogen (secondary N) is 1. The lowest BCUT2D eigenvalue weighted by Gasteiger charge is -2.42. The number of carbonyl (C=O) groups excluding carboxylic acids is 2. The number of ether oxygens (including phenoxy) is 1. The van der Waals surface area contributed by atoms with E-state index >= 15 is 0 Å². The summed E-state index contributed by atoms with van der Waals surface area (Å²) in [6, 6.07) is 4.27. The minimum absolute atomic E-state index is 0.162. The van der Waals surface area contributed by atoms with Gasteiger partial charge in [-0.1, -0.05) is 0 Å². The second-order valence-corrected chi connectivity index (χ2v) is 8.37. The van der Waals surface area contributed by atoms with Gasteiger partial charge in [-0.3, -0.25) is 4.79 Å². The molecule has 3 heterocycles. The lowest BCUT2D eigenvalue weighted by Crippen LogP contribution is -2.49. The van der Waals surface area contributed by atoms with Crippen molar-refractivity contribution in [1.29, 1.82) is 0 Å². The van der Waals surface area contributed by atoms with Crippen LogP contribution < -0.4 is 5.32 Å². The third-order valence-corrected chi connectivity index (χ3v) is 6.82. The van der Waals surface area contributed by atoms with Crippen molar-refractivity contribution in [3.63, 3.8) is 0 Å².